The van der Waals surface area contributed by atoms with Gasteiger partial charge in [0.15, 0.2) is 0 Å². The van der Waals surface area contributed by atoms with Gasteiger partial charge in [-0.15, -0.1) is 0 Å². The van der Waals surface area contributed by atoms with Crippen molar-refractivity contribution in [3.05, 3.63) is 29.3 Å². The molecule has 0 bridgehead atoms. The fraction of sp³-hybridized carbons (Fsp3) is 0.500. The molecule has 0 radical (unpaired) electrons. The number of hydrogen-bond acceptors (Lipinski definition) is 0. The molecule has 13 heavy (non-hydrogen) atoms. The lowest BCUT2D eigenvalue weighted by molar-refractivity contribution is -0.787. The molecule has 0 spiro atoms. The average molecular weight is 178 g/mol. The van der Waals surface area contributed by atoms with E-state index < -0.39 is 0 Å². The summed E-state index contributed by atoms with van der Waals surface area (Å²) in [6.45, 7) is 4.45. The fourth-order valence-corrected chi connectivity index (χ4v) is 1.88. The molecular weight excluding hydrogens is 158 g/mol. The predicted molar refractivity (Wildman–Crippen MR) is 57.7 cm³/mol. The second-order valence-electron chi connectivity index (χ2n) is 3.66. The van der Waals surface area contributed by atoms with Gasteiger partial charge < -0.3 is 4.90 Å². The zero-order valence-electron chi connectivity index (χ0n) is 9.15. The SMILES string of the molecule is CCc1cccc(CC)c1[NH+](C)C. The van der Waals surface area contributed by atoms with E-state index in [9.17, 15) is 0 Å². The molecule has 0 amide bonds. The zero-order chi connectivity index (χ0) is 9.84. The minimum absolute atomic E-state index is 1.13. The van der Waals surface area contributed by atoms with Crippen molar-refractivity contribution in [1.29, 1.82) is 0 Å². The highest BCUT2D eigenvalue weighted by molar-refractivity contribution is 5.47. The van der Waals surface area contributed by atoms with Gasteiger partial charge >= 0.3 is 0 Å². The second-order valence-corrected chi connectivity index (χ2v) is 3.66. The van der Waals surface area contributed by atoms with E-state index in [1.807, 2.05) is 0 Å². The lowest BCUT2D eigenvalue weighted by atomic mass is 10.0. The molecule has 1 nitrogen and oxygen atoms in total. The van der Waals surface area contributed by atoms with Gasteiger partial charge in [0.2, 0.25) is 0 Å². The smallest absolute Gasteiger partial charge is 0.137 e. The molecule has 0 saturated carbocycles. The van der Waals surface area contributed by atoms with Crippen LogP contribution in [0.1, 0.15) is 25.0 Å². The van der Waals surface area contributed by atoms with Crippen LogP contribution in [0.15, 0.2) is 18.2 Å². The Morgan fingerprint density at radius 1 is 1.00 bits per heavy atom. The Bertz CT molecular complexity index is 254. The summed E-state index contributed by atoms with van der Waals surface area (Å²) >= 11 is 0. The first-order valence-electron chi connectivity index (χ1n) is 5.12. The van der Waals surface area contributed by atoms with Gasteiger partial charge in [0.1, 0.15) is 5.69 Å². The molecule has 0 heterocycles. The van der Waals surface area contributed by atoms with Crippen LogP contribution in [0.4, 0.5) is 5.69 Å². The summed E-state index contributed by atoms with van der Waals surface area (Å²) in [4.78, 5) is 1.44. The van der Waals surface area contributed by atoms with Crippen molar-refractivity contribution >= 4 is 5.69 Å². The minimum Gasteiger partial charge on any atom is -0.307 e. The summed E-state index contributed by atoms with van der Waals surface area (Å²) in [6.07, 6.45) is 2.27. The van der Waals surface area contributed by atoms with Crippen LogP contribution >= 0.6 is 0 Å². The molecule has 1 heteroatoms. The van der Waals surface area contributed by atoms with Crippen molar-refractivity contribution in [2.45, 2.75) is 26.7 Å². The summed E-state index contributed by atoms with van der Waals surface area (Å²) in [5.41, 5.74) is 4.46. The number of hydrogen-bond donors (Lipinski definition) is 1. The van der Waals surface area contributed by atoms with Gasteiger partial charge in [0.25, 0.3) is 0 Å². The third kappa shape index (κ3) is 2.10. The zero-order valence-corrected chi connectivity index (χ0v) is 9.15. The lowest BCUT2D eigenvalue weighted by Crippen LogP contribution is -3.00. The Balaban J connectivity index is 3.21. The topological polar surface area (TPSA) is 4.44 Å². The number of benzene rings is 1. The molecule has 1 N–H and O–H groups in total. The number of para-hydroxylation sites is 1. The highest BCUT2D eigenvalue weighted by Crippen LogP contribution is 2.17. The summed E-state index contributed by atoms with van der Waals surface area (Å²) in [5, 5.41) is 0. The molecule has 0 saturated heterocycles. The Labute approximate surface area is 81.4 Å². The van der Waals surface area contributed by atoms with Gasteiger partial charge in [-0.05, 0) is 12.8 Å². The quantitative estimate of drug-likeness (QED) is 0.717. The van der Waals surface area contributed by atoms with Crippen molar-refractivity contribution in [1.82, 2.24) is 0 Å². The van der Waals surface area contributed by atoms with Gasteiger partial charge in [-0.3, -0.25) is 0 Å². The Kier molecular flexibility index (Phi) is 3.49. The van der Waals surface area contributed by atoms with E-state index in [0.717, 1.165) is 12.8 Å². The Hall–Kier alpha value is -0.820. The molecule has 0 unspecified atom stereocenters. The highest BCUT2D eigenvalue weighted by atomic mass is 15.1. The largest absolute Gasteiger partial charge is 0.307 e. The maximum absolute atomic E-state index is 2.24. The monoisotopic (exact) mass is 178 g/mol. The van der Waals surface area contributed by atoms with Crippen LogP contribution in [0.3, 0.4) is 0 Å². The van der Waals surface area contributed by atoms with E-state index in [2.05, 4.69) is 46.1 Å². The van der Waals surface area contributed by atoms with Gasteiger partial charge in [-0.1, -0.05) is 32.0 Å². The molecule has 0 aromatic heterocycles. The van der Waals surface area contributed by atoms with Crippen molar-refractivity contribution in [2.24, 2.45) is 0 Å². The maximum Gasteiger partial charge on any atom is 0.137 e. The third-order valence-corrected chi connectivity index (χ3v) is 2.50. The van der Waals surface area contributed by atoms with Crippen molar-refractivity contribution < 1.29 is 4.90 Å². The number of nitrogens with one attached hydrogen (secondary N) is 1. The van der Waals surface area contributed by atoms with Gasteiger partial charge in [0, 0.05) is 11.1 Å². The average Bonchev–Trinajstić information content (AvgIpc) is 2.16. The molecule has 0 aliphatic heterocycles. The Morgan fingerprint density at radius 2 is 1.46 bits per heavy atom. The number of quaternary nitrogens is 1. The molecule has 0 aliphatic carbocycles. The van der Waals surface area contributed by atoms with E-state index in [0.29, 0.717) is 0 Å². The maximum atomic E-state index is 2.24. The van der Waals surface area contributed by atoms with Crippen molar-refractivity contribution in [3.63, 3.8) is 0 Å². The normalized spacial score (nSPS) is 10.8. The number of aryl methyl sites for hydroxylation is 2. The van der Waals surface area contributed by atoms with Crippen LogP contribution < -0.4 is 4.90 Å². The number of rotatable bonds is 3. The van der Waals surface area contributed by atoms with Crippen LogP contribution in [-0.2, 0) is 12.8 Å². The van der Waals surface area contributed by atoms with Crippen LogP contribution in [0, 0.1) is 0 Å². The fourth-order valence-electron chi connectivity index (χ4n) is 1.88. The highest BCUT2D eigenvalue weighted by Gasteiger charge is 2.11. The van der Waals surface area contributed by atoms with Crippen LogP contribution in [-0.4, -0.2) is 14.1 Å². The summed E-state index contributed by atoms with van der Waals surface area (Å²) < 4.78 is 0. The molecule has 0 fully saturated rings. The first-order chi connectivity index (χ1) is 6.20. The summed E-state index contributed by atoms with van der Waals surface area (Å²) in [5.74, 6) is 0. The lowest BCUT2D eigenvalue weighted by Gasteiger charge is -2.15. The second kappa shape index (κ2) is 4.43. The van der Waals surface area contributed by atoms with E-state index >= 15 is 0 Å². The molecule has 1 aromatic carbocycles. The van der Waals surface area contributed by atoms with E-state index in [-0.39, 0.29) is 0 Å². The van der Waals surface area contributed by atoms with Gasteiger partial charge in [-0.25, -0.2) is 0 Å². The standard InChI is InChI=1S/C12H19N/c1-5-10-8-7-9-11(6-2)12(10)13(3)4/h7-9H,5-6H2,1-4H3/p+1. The van der Waals surface area contributed by atoms with Crippen molar-refractivity contribution in [3.8, 4) is 0 Å². The van der Waals surface area contributed by atoms with E-state index in [1.54, 1.807) is 0 Å². The molecule has 0 aliphatic rings. The summed E-state index contributed by atoms with van der Waals surface area (Å²) in [7, 11) is 4.40. The van der Waals surface area contributed by atoms with Gasteiger partial charge in [0.05, 0.1) is 14.1 Å². The van der Waals surface area contributed by atoms with Crippen LogP contribution in [0.25, 0.3) is 0 Å². The van der Waals surface area contributed by atoms with Crippen LogP contribution in [0.5, 0.6) is 0 Å². The van der Waals surface area contributed by atoms with Gasteiger partial charge in [-0.2, -0.15) is 0 Å². The molecule has 72 valence electrons. The molecule has 1 rings (SSSR count). The van der Waals surface area contributed by atoms with Crippen LogP contribution in [0.2, 0.25) is 0 Å². The first-order valence-corrected chi connectivity index (χ1v) is 5.12. The van der Waals surface area contributed by atoms with E-state index in [4.69, 9.17) is 0 Å². The Morgan fingerprint density at radius 3 is 1.77 bits per heavy atom. The minimum atomic E-state index is 1.13. The van der Waals surface area contributed by atoms with Crippen molar-refractivity contribution in [2.75, 3.05) is 14.1 Å². The molecule has 0 atom stereocenters. The first kappa shape index (κ1) is 10.3. The van der Waals surface area contributed by atoms with E-state index in [1.165, 1.54) is 21.7 Å². The summed E-state index contributed by atoms with van der Waals surface area (Å²) in [6, 6.07) is 6.65. The predicted octanol–water partition coefficient (Wildman–Crippen LogP) is 1.59. The molecular formula is C12H20N+. The third-order valence-electron chi connectivity index (χ3n) is 2.50. The molecule has 1 aromatic rings.